The van der Waals surface area contributed by atoms with Crippen molar-refractivity contribution in [3.8, 4) is 6.07 Å². The number of carboxylic acids is 1. The van der Waals surface area contributed by atoms with Gasteiger partial charge in [0, 0.05) is 26.3 Å². The first-order valence-corrected chi connectivity index (χ1v) is 5.01. The molecule has 0 aliphatic rings. The normalized spacial score (nSPS) is 11.5. The van der Waals surface area contributed by atoms with E-state index in [1.807, 2.05) is 6.07 Å². The number of rotatable bonds is 6. The van der Waals surface area contributed by atoms with Gasteiger partial charge in [0.05, 0.1) is 17.4 Å². The van der Waals surface area contributed by atoms with E-state index in [0.717, 1.165) is 0 Å². The summed E-state index contributed by atoms with van der Waals surface area (Å²) in [7, 11) is 1.50. The highest BCUT2D eigenvalue weighted by atomic mass is 16.5. The standard InChI is InChI=1S/C11H13N3O3/c1-17-5-3-9(11(15)16)14-10-7-13-4-2-8(10)6-12/h2,4,7,9,14H,3,5H2,1H3,(H,15,16). The Kier molecular flexibility index (Phi) is 4.91. The number of carboxylic acid groups (broad SMARTS) is 1. The number of pyridine rings is 1. The molecule has 0 radical (unpaired) electrons. The van der Waals surface area contributed by atoms with E-state index in [1.54, 1.807) is 0 Å². The summed E-state index contributed by atoms with van der Waals surface area (Å²) < 4.78 is 4.83. The molecule has 1 aromatic heterocycles. The van der Waals surface area contributed by atoms with E-state index in [9.17, 15) is 4.79 Å². The maximum Gasteiger partial charge on any atom is 0.326 e. The fraction of sp³-hybridized carbons (Fsp3) is 0.364. The monoisotopic (exact) mass is 235 g/mol. The van der Waals surface area contributed by atoms with Gasteiger partial charge in [0.1, 0.15) is 12.1 Å². The van der Waals surface area contributed by atoms with Crippen LogP contribution in [0.15, 0.2) is 18.5 Å². The summed E-state index contributed by atoms with van der Waals surface area (Å²) >= 11 is 0. The second-order valence-electron chi connectivity index (χ2n) is 3.35. The predicted molar refractivity (Wildman–Crippen MR) is 60.5 cm³/mol. The summed E-state index contributed by atoms with van der Waals surface area (Å²) in [5.74, 6) is -0.991. The Bertz CT molecular complexity index is 428. The van der Waals surface area contributed by atoms with Crippen LogP contribution in [0.25, 0.3) is 0 Å². The van der Waals surface area contributed by atoms with Gasteiger partial charge in [-0.1, -0.05) is 0 Å². The third-order valence-corrected chi connectivity index (χ3v) is 2.18. The molecule has 0 aliphatic carbocycles. The summed E-state index contributed by atoms with van der Waals surface area (Å²) in [4.78, 5) is 14.8. The van der Waals surface area contributed by atoms with Gasteiger partial charge >= 0.3 is 5.97 Å². The van der Waals surface area contributed by atoms with E-state index >= 15 is 0 Å². The fourth-order valence-corrected chi connectivity index (χ4v) is 1.29. The maximum absolute atomic E-state index is 11.0. The minimum absolute atomic E-state index is 0.311. The number of nitrogens with one attached hydrogen (secondary N) is 1. The number of hydrogen-bond acceptors (Lipinski definition) is 5. The zero-order valence-corrected chi connectivity index (χ0v) is 9.38. The summed E-state index contributed by atoms with van der Waals surface area (Å²) in [6.45, 7) is 0.326. The average molecular weight is 235 g/mol. The number of nitrogens with zero attached hydrogens (tertiary/aromatic N) is 2. The molecule has 17 heavy (non-hydrogen) atoms. The lowest BCUT2D eigenvalue weighted by atomic mass is 10.2. The van der Waals surface area contributed by atoms with Gasteiger partial charge < -0.3 is 15.2 Å². The van der Waals surface area contributed by atoms with Crippen LogP contribution in [-0.4, -0.2) is 35.8 Å². The molecule has 0 aromatic carbocycles. The second kappa shape index (κ2) is 6.45. The van der Waals surface area contributed by atoms with E-state index in [0.29, 0.717) is 24.3 Å². The second-order valence-corrected chi connectivity index (χ2v) is 3.35. The minimum Gasteiger partial charge on any atom is -0.480 e. The molecule has 1 unspecified atom stereocenters. The smallest absolute Gasteiger partial charge is 0.326 e. The van der Waals surface area contributed by atoms with Gasteiger partial charge in [-0.05, 0) is 6.07 Å². The van der Waals surface area contributed by atoms with Gasteiger partial charge in [0.25, 0.3) is 0 Å². The minimum atomic E-state index is -0.991. The fourth-order valence-electron chi connectivity index (χ4n) is 1.29. The molecular weight excluding hydrogens is 222 g/mol. The molecule has 0 fully saturated rings. The van der Waals surface area contributed by atoms with Crippen molar-refractivity contribution in [2.75, 3.05) is 19.0 Å². The van der Waals surface area contributed by atoms with Crippen molar-refractivity contribution in [1.82, 2.24) is 4.98 Å². The topological polar surface area (TPSA) is 95.2 Å². The molecule has 6 heteroatoms. The number of methoxy groups -OCH3 is 1. The maximum atomic E-state index is 11.0. The van der Waals surface area contributed by atoms with Crippen molar-refractivity contribution in [1.29, 1.82) is 5.26 Å². The van der Waals surface area contributed by atoms with Crippen LogP contribution in [0.5, 0.6) is 0 Å². The van der Waals surface area contributed by atoms with Crippen LogP contribution in [0.3, 0.4) is 0 Å². The van der Waals surface area contributed by atoms with Crippen molar-refractivity contribution >= 4 is 11.7 Å². The summed E-state index contributed by atoms with van der Waals surface area (Å²) in [6, 6.07) is 2.69. The number of hydrogen-bond donors (Lipinski definition) is 2. The summed E-state index contributed by atoms with van der Waals surface area (Å²) in [5.41, 5.74) is 0.780. The van der Waals surface area contributed by atoms with E-state index < -0.39 is 12.0 Å². The molecule has 1 heterocycles. The SMILES string of the molecule is COCCC(Nc1cnccc1C#N)C(=O)O. The molecule has 1 atom stereocenters. The van der Waals surface area contributed by atoms with E-state index in [1.165, 1.54) is 25.6 Å². The molecule has 0 spiro atoms. The Morgan fingerprint density at radius 2 is 2.53 bits per heavy atom. The van der Waals surface area contributed by atoms with Crippen LogP contribution >= 0.6 is 0 Å². The Morgan fingerprint density at radius 1 is 1.76 bits per heavy atom. The molecule has 1 aromatic rings. The van der Waals surface area contributed by atoms with E-state index in [4.69, 9.17) is 15.1 Å². The Hall–Kier alpha value is -2.13. The van der Waals surface area contributed by atoms with Crippen molar-refractivity contribution in [3.63, 3.8) is 0 Å². The highest BCUT2D eigenvalue weighted by Gasteiger charge is 2.18. The van der Waals surface area contributed by atoms with Crippen LogP contribution in [0.1, 0.15) is 12.0 Å². The van der Waals surface area contributed by atoms with E-state index in [-0.39, 0.29) is 0 Å². The van der Waals surface area contributed by atoms with Gasteiger partial charge in [-0.15, -0.1) is 0 Å². The highest BCUT2D eigenvalue weighted by molar-refractivity contribution is 5.78. The number of nitriles is 1. The van der Waals surface area contributed by atoms with Gasteiger partial charge in [-0.25, -0.2) is 4.79 Å². The largest absolute Gasteiger partial charge is 0.480 e. The third kappa shape index (κ3) is 3.74. The lowest BCUT2D eigenvalue weighted by molar-refractivity contribution is -0.138. The lowest BCUT2D eigenvalue weighted by Gasteiger charge is -2.15. The van der Waals surface area contributed by atoms with Gasteiger partial charge in [-0.2, -0.15) is 5.26 Å². The molecule has 2 N–H and O–H groups in total. The first kappa shape index (κ1) is 12.9. The third-order valence-electron chi connectivity index (χ3n) is 2.18. The Labute approximate surface area is 98.9 Å². The van der Waals surface area contributed by atoms with Gasteiger partial charge in [-0.3, -0.25) is 4.98 Å². The highest BCUT2D eigenvalue weighted by Crippen LogP contribution is 2.14. The quantitative estimate of drug-likeness (QED) is 0.759. The summed E-state index contributed by atoms with van der Waals surface area (Å²) in [6.07, 6.45) is 3.22. The Balaban J connectivity index is 2.79. The van der Waals surface area contributed by atoms with Crippen LogP contribution in [0, 0.1) is 11.3 Å². The average Bonchev–Trinajstić information content (AvgIpc) is 2.34. The predicted octanol–water partition coefficient (Wildman–Crippen LogP) is 0.855. The van der Waals surface area contributed by atoms with Gasteiger partial charge in [0.15, 0.2) is 0 Å². The molecular formula is C11H13N3O3. The van der Waals surface area contributed by atoms with Crippen molar-refractivity contribution in [2.45, 2.75) is 12.5 Å². The van der Waals surface area contributed by atoms with Crippen LogP contribution < -0.4 is 5.32 Å². The number of carbonyl (C=O) groups is 1. The Morgan fingerprint density at radius 3 is 3.12 bits per heavy atom. The van der Waals surface area contributed by atoms with Crippen LogP contribution in [0.4, 0.5) is 5.69 Å². The zero-order valence-electron chi connectivity index (χ0n) is 9.38. The number of aromatic nitrogens is 1. The van der Waals surface area contributed by atoms with Crippen molar-refractivity contribution in [3.05, 3.63) is 24.0 Å². The number of anilines is 1. The molecule has 6 nitrogen and oxygen atoms in total. The van der Waals surface area contributed by atoms with E-state index in [2.05, 4.69) is 10.3 Å². The van der Waals surface area contributed by atoms with Gasteiger partial charge in [0.2, 0.25) is 0 Å². The van der Waals surface area contributed by atoms with Crippen molar-refractivity contribution in [2.24, 2.45) is 0 Å². The van der Waals surface area contributed by atoms with Crippen molar-refractivity contribution < 1.29 is 14.6 Å². The first-order chi connectivity index (χ1) is 8.19. The molecule has 0 saturated heterocycles. The molecule has 0 bridgehead atoms. The van der Waals surface area contributed by atoms with Crippen LogP contribution in [0.2, 0.25) is 0 Å². The van der Waals surface area contributed by atoms with Crippen LogP contribution in [-0.2, 0) is 9.53 Å². The molecule has 0 amide bonds. The summed E-state index contributed by atoms with van der Waals surface area (Å²) in [5, 5.41) is 20.6. The molecule has 0 aliphatic heterocycles. The molecule has 1 rings (SSSR count). The molecule has 90 valence electrons. The number of ether oxygens (including phenoxy) is 1. The first-order valence-electron chi connectivity index (χ1n) is 5.01. The lowest BCUT2D eigenvalue weighted by Crippen LogP contribution is -2.30. The number of aliphatic carboxylic acids is 1. The zero-order chi connectivity index (χ0) is 12.7. The molecule has 0 saturated carbocycles.